The molecule has 1 fully saturated rings. The van der Waals surface area contributed by atoms with Gasteiger partial charge in [-0.05, 0) is 43.0 Å². The van der Waals surface area contributed by atoms with Gasteiger partial charge in [0.15, 0.2) is 0 Å². The Bertz CT molecular complexity index is 405. The van der Waals surface area contributed by atoms with Crippen molar-refractivity contribution in [1.82, 2.24) is 0 Å². The number of nitrogens with one attached hydrogen (secondary N) is 2. The number of amides is 1. The van der Waals surface area contributed by atoms with Crippen molar-refractivity contribution >= 4 is 17.3 Å². The average molecular weight is 260 g/mol. The summed E-state index contributed by atoms with van der Waals surface area (Å²) in [4.78, 5) is 11.7. The van der Waals surface area contributed by atoms with Gasteiger partial charge in [-0.1, -0.05) is 26.7 Å². The van der Waals surface area contributed by atoms with Crippen molar-refractivity contribution in [2.45, 2.75) is 52.0 Å². The molecule has 2 N–H and O–H groups in total. The van der Waals surface area contributed by atoms with E-state index in [2.05, 4.69) is 10.6 Å². The van der Waals surface area contributed by atoms with Crippen LogP contribution >= 0.6 is 0 Å². The molecule has 3 heteroatoms. The van der Waals surface area contributed by atoms with Gasteiger partial charge in [0.2, 0.25) is 5.91 Å². The molecule has 2 rings (SSSR count). The Kier molecular flexibility index (Phi) is 4.83. The molecule has 1 aromatic carbocycles. The molecule has 1 aromatic rings. The average Bonchev–Trinajstić information content (AvgIpc) is 2.83. The van der Waals surface area contributed by atoms with Crippen LogP contribution in [-0.2, 0) is 4.79 Å². The van der Waals surface area contributed by atoms with Crippen molar-refractivity contribution in [2.24, 2.45) is 5.92 Å². The van der Waals surface area contributed by atoms with Gasteiger partial charge in [-0.15, -0.1) is 0 Å². The molecule has 0 aliphatic heterocycles. The second-order valence-corrected chi connectivity index (χ2v) is 5.85. The molecule has 1 aliphatic carbocycles. The second kappa shape index (κ2) is 6.60. The monoisotopic (exact) mass is 260 g/mol. The fourth-order valence-electron chi connectivity index (χ4n) is 2.54. The first-order valence-corrected chi connectivity index (χ1v) is 7.30. The zero-order valence-corrected chi connectivity index (χ0v) is 11.9. The van der Waals surface area contributed by atoms with Gasteiger partial charge in [0, 0.05) is 23.8 Å². The topological polar surface area (TPSA) is 41.1 Å². The number of hydrogen-bond acceptors (Lipinski definition) is 2. The normalized spacial score (nSPS) is 15.7. The van der Waals surface area contributed by atoms with E-state index in [1.807, 2.05) is 38.1 Å². The molecule has 0 saturated heterocycles. The molecular weight excluding hydrogens is 236 g/mol. The highest BCUT2D eigenvalue weighted by Crippen LogP contribution is 2.23. The lowest BCUT2D eigenvalue weighted by molar-refractivity contribution is -0.116. The summed E-state index contributed by atoms with van der Waals surface area (Å²) >= 11 is 0. The predicted octanol–water partition coefficient (Wildman–Crippen LogP) is 4.03. The van der Waals surface area contributed by atoms with Crippen molar-refractivity contribution in [3.63, 3.8) is 0 Å². The van der Waals surface area contributed by atoms with Crippen LogP contribution in [0.2, 0.25) is 0 Å². The minimum atomic E-state index is 0.0894. The number of anilines is 2. The Balaban J connectivity index is 1.85. The lowest BCUT2D eigenvalue weighted by atomic mass is 10.1. The maximum atomic E-state index is 11.7. The summed E-state index contributed by atoms with van der Waals surface area (Å²) in [6.07, 6.45) is 5.78. The Hall–Kier alpha value is -1.51. The zero-order valence-electron chi connectivity index (χ0n) is 11.9. The van der Waals surface area contributed by atoms with Gasteiger partial charge in [-0.2, -0.15) is 0 Å². The number of carbonyl (C=O) groups is 1. The number of hydrogen-bond donors (Lipinski definition) is 2. The van der Waals surface area contributed by atoms with E-state index in [4.69, 9.17) is 0 Å². The molecule has 3 nitrogen and oxygen atoms in total. The molecule has 0 bridgehead atoms. The van der Waals surface area contributed by atoms with E-state index >= 15 is 0 Å². The predicted molar refractivity (Wildman–Crippen MR) is 80.4 cm³/mol. The first-order valence-electron chi connectivity index (χ1n) is 7.30. The smallest absolute Gasteiger partial charge is 0.224 e. The van der Waals surface area contributed by atoms with E-state index in [1.165, 1.54) is 25.7 Å². The van der Waals surface area contributed by atoms with Crippen LogP contribution in [0.25, 0.3) is 0 Å². The minimum Gasteiger partial charge on any atom is -0.382 e. The van der Waals surface area contributed by atoms with Crippen molar-refractivity contribution in [2.75, 3.05) is 10.6 Å². The number of rotatable bonds is 5. The molecule has 0 spiro atoms. The third-order valence-electron chi connectivity index (χ3n) is 3.49. The zero-order chi connectivity index (χ0) is 13.7. The third kappa shape index (κ3) is 4.58. The van der Waals surface area contributed by atoms with Crippen molar-refractivity contribution < 1.29 is 4.79 Å². The first-order chi connectivity index (χ1) is 9.13. The van der Waals surface area contributed by atoms with Crippen molar-refractivity contribution in [1.29, 1.82) is 0 Å². The highest BCUT2D eigenvalue weighted by molar-refractivity contribution is 5.90. The summed E-state index contributed by atoms with van der Waals surface area (Å²) in [5.41, 5.74) is 2.02. The van der Waals surface area contributed by atoms with E-state index in [1.54, 1.807) is 0 Å². The van der Waals surface area contributed by atoms with Gasteiger partial charge in [0.1, 0.15) is 0 Å². The SMILES string of the molecule is CC(C)CC(=O)Nc1ccc(NC2CCCC2)cc1. The van der Waals surface area contributed by atoms with Crippen LogP contribution < -0.4 is 10.6 Å². The van der Waals surface area contributed by atoms with E-state index in [0.29, 0.717) is 18.4 Å². The summed E-state index contributed by atoms with van der Waals surface area (Å²) in [5, 5.41) is 6.47. The van der Waals surface area contributed by atoms with Crippen molar-refractivity contribution in [3.8, 4) is 0 Å². The summed E-state index contributed by atoms with van der Waals surface area (Å²) in [7, 11) is 0. The fraction of sp³-hybridized carbons (Fsp3) is 0.562. The number of benzene rings is 1. The van der Waals surface area contributed by atoms with Crippen LogP contribution in [0.1, 0.15) is 46.0 Å². The molecule has 104 valence electrons. The van der Waals surface area contributed by atoms with Gasteiger partial charge < -0.3 is 10.6 Å². The standard InChI is InChI=1S/C16H24N2O/c1-12(2)11-16(19)18-15-9-7-14(8-10-15)17-13-5-3-4-6-13/h7-10,12-13,17H,3-6,11H2,1-2H3,(H,18,19). The molecule has 0 heterocycles. The van der Waals surface area contributed by atoms with Gasteiger partial charge in [-0.3, -0.25) is 4.79 Å². The largest absolute Gasteiger partial charge is 0.382 e. The molecule has 0 radical (unpaired) electrons. The van der Waals surface area contributed by atoms with Gasteiger partial charge >= 0.3 is 0 Å². The Morgan fingerprint density at radius 1 is 1.16 bits per heavy atom. The van der Waals surface area contributed by atoms with Crippen LogP contribution in [0, 0.1) is 5.92 Å². The Morgan fingerprint density at radius 3 is 2.32 bits per heavy atom. The van der Waals surface area contributed by atoms with Crippen LogP contribution in [0.15, 0.2) is 24.3 Å². The summed E-state index contributed by atoms with van der Waals surface area (Å²) < 4.78 is 0. The van der Waals surface area contributed by atoms with Gasteiger partial charge in [0.25, 0.3) is 0 Å². The maximum Gasteiger partial charge on any atom is 0.224 e. The number of carbonyl (C=O) groups excluding carboxylic acids is 1. The van der Waals surface area contributed by atoms with E-state index in [0.717, 1.165) is 11.4 Å². The fourth-order valence-corrected chi connectivity index (χ4v) is 2.54. The molecule has 0 aromatic heterocycles. The highest BCUT2D eigenvalue weighted by atomic mass is 16.1. The summed E-state index contributed by atoms with van der Waals surface area (Å²) in [6.45, 7) is 4.10. The molecular formula is C16H24N2O. The molecule has 1 amide bonds. The van der Waals surface area contributed by atoms with Gasteiger partial charge in [0.05, 0.1) is 0 Å². The van der Waals surface area contributed by atoms with E-state index < -0.39 is 0 Å². The summed E-state index contributed by atoms with van der Waals surface area (Å²) in [6, 6.07) is 8.65. The lowest BCUT2D eigenvalue weighted by Crippen LogP contribution is -2.15. The van der Waals surface area contributed by atoms with Crippen LogP contribution in [0.5, 0.6) is 0 Å². The van der Waals surface area contributed by atoms with E-state index in [9.17, 15) is 4.79 Å². The molecule has 1 aliphatic rings. The van der Waals surface area contributed by atoms with E-state index in [-0.39, 0.29) is 5.91 Å². The quantitative estimate of drug-likeness (QED) is 0.839. The van der Waals surface area contributed by atoms with Crippen LogP contribution in [-0.4, -0.2) is 11.9 Å². The Morgan fingerprint density at radius 2 is 1.74 bits per heavy atom. The second-order valence-electron chi connectivity index (χ2n) is 5.85. The maximum absolute atomic E-state index is 11.7. The molecule has 19 heavy (non-hydrogen) atoms. The minimum absolute atomic E-state index is 0.0894. The lowest BCUT2D eigenvalue weighted by Gasteiger charge is -2.14. The highest BCUT2D eigenvalue weighted by Gasteiger charge is 2.14. The van der Waals surface area contributed by atoms with Crippen molar-refractivity contribution in [3.05, 3.63) is 24.3 Å². The third-order valence-corrected chi connectivity index (χ3v) is 3.49. The Labute approximate surface area is 115 Å². The first kappa shape index (κ1) is 13.9. The summed E-state index contributed by atoms with van der Waals surface area (Å²) in [5.74, 6) is 0.481. The molecule has 0 atom stereocenters. The molecule has 1 saturated carbocycles. The van der Waals surface area contributed by atoms with Crippen LogP contribution in [0.4, 0.5) is 11.4 Å². The van der Waals surface area contributed by atoms with Gasteiger partial charge in [-0.25, -0.2) is 0 Å². The van der Waals surface area contributed by atoms with Crippen LogP contribution in [0.3, 0.4) is 0 Å². The molecule has 0 unspecified atom stereocenters.